The molecule has 0 saturated carbocycles. The first-order valence-corrected chi connectivity index (χ1v) is 5.77. The summed E-state index contributed by atoms with van der Waals surface area (Å²) >= 11 is 0. The SMILES string of the molecule is Cc1nn(-c2cccnn2)c(C)c1CCCN. The van der Waals surface area contributed by atoms with Crippen LogP contribution in [-0.2, 0) is 6.42 Å². The molecule has 5 nitrogen and oxygen atoms in total. The molecule has 2 N–H and O–H groups in total. The average Bonchev–Trinajstić information content (AvgIpc) is 2.64. The van der Waals surface area contributed by atoms with Gasteiger partial charge in [-0.3, -0.25) is 0 Å². The first kappa shape index (κ1) is 11.7. The zero-order chi connectivity index (χ0) is 12.3. The Labute approximate surface area is 101 Å². The molecule has 5 heteroatoms. The normalized spacial score (nSPS) is 10.8. The minimum atomic E-state index is 0.704. The van der Waals surface area contributed by atoms with Gasteiger partial charge in [-0.05, 0) is 50.9 Å². The highest BCUT2D eigenvalue weighted by atomic mass is 15.3. The molecular weight excluding hydrogens is 214 g/mol. The molecule has 0 amide bonds. The summed E-state index contributed by atoms with van der Waals surface area (Å²) in [7, 11) is 0. The van der Waals surface area contributed by atoms with Crippen LogP contribution in [-0.4, -0.2) is 26.5 Å². The Morgan fingerprint density at radius 2 is 2.18 bits per heavy atom. The molecule has 0 aliphatic carbocycles. The number of hydrogen-bond acceptors (Lipinski definition) is 4. The lowest BCUT2D eigenvalue weighted by Gasteiger charge is -2.03. The maximum absolute atomic E-state index is 5.54. The van der Waals surface area contributed by atoms with E-state index in [1.807, 2.05) is 23.7 Å². The monoisotopic (exact) mass is 231 g/mol. The fourth-order valence-electron chi connectivity index (χ4n) is 1.95. The van der Waals surface area contributed by atoms with Crippen LogP contribution in [0, 0.1) is 13.8 Å². The van der Waals surface area contributed by atoms with Crippen molar-refractivity contribution in [3.63, 3.8) is 0 Å². The summed E-state index contributed by atoms with van der Waals surface area (Å²) in [5.41, 5.74) is 8.97. The van der Waals surface area contributed by atoms with E-state index in [4.69, 9.17) is 5.73 Å². The van der Waals surface area contributed by atoms with Gasteiger partial charge in [0.05, 0.1) is 5.69 Å². The molecule has 0 unspecified atom stereocenters. The van der Waals surface area contributed by atoms with Crippen molar-refractivity contribution in [1.29, 1.82) is 0 Å². The van der Waals surface area contributed by atoms with Crippen LogP contribution in [0.25, 0.3) is 5.82 Å². The van der Waals surface area contributed by atoms with Crippen LogP contribution in [0.4, 0.5) is 0 Å². The Morgan fingerprint density at radius 3 is 2.82 bits per heavy atom. The predicted molar refractivity (Wildman–Crippen MR) is 66.0 cm³/mol. The summed E-state index contributed by atoms with van der Waals surface area (Å²) in [4.78, 5) is 0. The minimum absolute atomic E-state index is 0.704. The third-order valence-corrected chi connectivity index (χ3v) is 2.85. The fraction of sp³-hybridized carbons (Fsp3) is 0.417. The number of nitrogens with zero attached hydrogens (tertiary/aromatic N) is 4. The van der Waals surface area contributed by atoms with Crippen molar-refractivity contribution in [1.82, 2.24) is 20.0 Å². The lowest BCUT2D eigenvalue weighted by atomic mass is 10.1. The Kier molecular flexibility index (Phi) is 3.49. The molecule has 0 aliphatic heterocycles. The van der Waals surface area contributed by atoms with Gasteiger partial charge in [-0.2, -0.15) is 10.2 Å². The smallest absolute Gasteiger partial charge is 0.175 e. The van der Waals surface area contributed by atoms with E-state index >= 15 is 0 Å². The molecular formula is C12H17N5. The molecule has 0 saturated heterocycles. The van der Waals surface area contributed by atoms with E-state index in [1.54, 1.807) is 6.20 Å². The van der Waals surface area contributed by atoms with Crippen LogP contribution in [0.1, 0.15) is 23.4 Å². The Morgan fingerprint density at radius 1 is 1.35 bits per heavy atom. The number of rotatable bonds is 4. The van der Waals surface area contributed by atoms with Gasteiger partial charge in [0.2, 0.25) is 0 Å². The van der Waals surface area contributed by atoms with Crippen molar-refractivity contribution in [2.24, 2.45) is 5.73 Å². The molecule has 2 aromatic heterocycles. The number of hydrogen-bond donors (Lipinski definition) is 1. The van der Waals surface area contributed by atoms with Crippen molar-refractivity contribution >= 4 is 0 Å². The summed E-state index contributed by atoms with van der Waals surface area (Å²) in [6.07, 6.45) is 3.60. The number of aryl methyl sites for hydroxylation is 1. The van der Waals surface area contributed by atoms with Gasteiger partial charge < -0.3 is 5.73 Å². The molecule has 90 valence electrons. The largest absolute Gasteiger partial charge is 0.330 e. The molecule has 2 rings (SSSR count). The molecule has 0 fully saturated rings. The molecule has 0 aromatic carbocycles. The highest BCUT2D eigenvalue weighted by Gasteiger charge is 2.12. The zero-order valence-corrected chi connectivity index (χ0v) is 10.2. The van der Waals surface area contributed by atoms with Gasteiger partial charge in [0, 0.05) is 11.9 Å². The van der Waals surface area contributed by atoms with Gasteiger partial charge >= 0.3 is 0 Å². The van der Waals surface area contributed by atoms with E-state index < -0.39 is 0 Å². The van der Waals surface area contributed by atoms with Crippen LogP contribution in [0.2, 0.25) is 0 Å². The van der Waals surface area contributed by atoms with Crippen molar-refractivity contribution < 1.29 is 0 Å². The van der Waals surface area contributed by atoms with Gasteiger partial charge in [-0.1, -0.05) is 0 Å². The maximum Gasteiger partial charge on any atom is 0.175 e. The first-order valence-electron chi connectivity index (χ1n) is 5.77. The average molecular weight is 231 g/mol. The van der Waals surface area contributed by atoms with Crippen LogP contribution in [0.15, 0.2) is 18.3 Å². The van der Waals surface area contributed by atoms with Gasteiger partial charge in [0.25, 0.3) is 0 Å². The van der Waals surface area contributed by atoms with Crippen LogP contribution >= 0.6 is 0 Å². The second-order valence-electron chi connectivity index (χ2n) is 4.04. The third-order valence-electron chi connectivity index (χ3n) is 2.85. The van der Waals surface area contributed by atoms with Gasteiger partial charge in [-0.25, -0.2) is 4.68 Å². The molecule has 0 bridgehead atoms. The van der Waals surface area contributed by atoms with Gasteiger partial charge in [-0.15, -0.1) is 5.10 Å². The highest BCUT2D eigenvalue weighted by molar-refractivity contribution is 5.31. The van der Waals surface area contributed by atoms with E-state index in [0.717, 1.165) is 30.0 Å². The zero-order valence-electron chi connectivity index (χ0n) is 10.2. The van der Waals surface area contributed by atoms with E-state index in [9.17, 15) is 0 Å². The second kappa shape index (κ2) is 5.05. The Hall–Kier alpha value is -1.75. The van der Waals surface area contributed by atoms with Gasteiger partial charge in [0.1, 0.15) is 0 Å². The van der Waals surface area contributed by atoms with Crippen LogP contribution in [0.5, 0.6) is 0 Å². The van der Waals surface area contributed by atoms with E-state index in [2.05, 4.69) is 22.2 Å². The summed E-state index contributed by atoms with van der Waals surface area (Å²) in [5.74, 6) is 0.757. The standard InChI is InChI=1S/C12H17N5/c1-9-11(5-3-7-13)10(2)17(16-9)12-6-4-8-14-15-12/h4,6,8H,3,5,7,13H2,1-2H3. The van der Waals surface area contributed by atoms with Crippen molar-refractivity contribution in [3.8, 4) is 5.82 Å². The van der Waals surface area contributed by atoms with Crippen LogP contribution in [0.3, 0.4) is 0 Å². The number of aromatic nitrogens is 4. The molecule has 2 aromatic rings. The molecule has 2 heterocycles. The summed E-state index contributed by atoms with van der Waals surface area (Å²) in [5, 5.41) is 12.4. The second-order valence-corrected chi connectivity index (χ2v) is 4.04. The highest BCUT2D eigenvalue weighted by Crippen LogP contribution is 2.17. The number of nitrogens with two attached hydrogens (primary N) is 1. The Bertz CT molecular complexity index is 489. The molecule has 0 atom stereocenters. The summed E-state index contributed by atoms with van der Waals surface area (Å²) < 4.78 is 1.84. The third kappa shape index (κ3) is 2.34. The minimum Gasteiger partial charge on any atom is -0.330 e. The first-order chi connectivity index (χ1) is 8.24. The van der Waals surface area contributed by atoms with Crippen molar-refractivity contribution in [2.45, 2.75) is 26.7 Å². The Balaban J connectivity index is 2.37. The molecule has 0 radical (unpaired) electrons. The topological polar surface area (TPSA) is 69.6 Å². The molecule has 0 spiro atoms. The fourth-order valence-corrected chi connectivity index (χ4v) is 1.95. The lowest BCUT2D eigenvalue weighted by Crippen LogP contribution is -2.04. The van der Waals surface area contributed by atoms with E-state index in [-0.39, 0.29) is 0 Å². The predicted octanol–water partition coefficient (Wildman–Crippen LogP) is 1.17. The lowest BCUT2D eigenvalue weighted by molar-refractivity contribution is 0.778. The van der Waals surface area contributed by atoms with Crippen molar-refractivity contribution in [2.75, 3.05) is 6.54 Å². The maximum atomic E-state index is 5.54. The molecule has 0 aliphatic rings. The molecule has 17 heavy (non-hydrogen) atoms. The van der Waals surface area contributed by atoms with Crippen molar-refractivity contribution in [3.05, 3.63) is 35.3 Å². The van der Waals surface area contributed by atoms with Crippen LogP contribution < -0.4 is 5.73 Å². The van der Waals surface area contributed by atoms with E-state index in [1.165, 1.54) is 5.56 Å². The quantitative estimate of drug-likeness (QED) is 0.857. The summed E-state index contributed by atoms with van der Waals surface area (Å²) in [6.45, 7) is 4.78. The summed E-state index contributed by atoms with van der Waals surface area (Å²) in [6, 6.07) is 3.76. The van der Waals surface area contributed by atoms with E-state index in [0.29, 0.717) is 6.54 Å². The van der Waals surface area contributed by atoms with Gasteiger partial charge in [0.15, 0.2) is 5.82 Å².